The summed E-state index contributed by atoms with van der Waals surface area (Å²) in [5, 5.41) is 8.02. The molecule has 7 nitrogen and oxygen atoms in total. The molecule has 0 bridgehead atoms. The van der Waals surface area contributed by atoms with Crippen LogP contribution in [0, 0.1) is 0 Å². The molecule has 0 saturated carbocycles. The van der Waals surface area contributed by atoms with Gasteiger partial charge in [-0.15, -0.1) is 0 Å². The summed E-state index contributed by atoms with van der Waals surface area (Å²) < 4.78 is 9.84. The van der Waals surface area contributed by atoms with Gasteiger partial charge in [-0.3, -0.25) is 9.58 Å². The molecule has 28 heavy (non-hydrogen) atoms. The Morgan fingerprint density at radius 1 is 1.21 bits per heavy atom. The highest BCUT2D eigenvalue weighted by atomic mass is 16.5. The van der Waals surface area contributed by atoms with Crippen molar-refractivity contribution in [3.63, 3.8) is 0 Å². The van der Waals surface area contributed by atoms with E-state index in [1.54, 1.807) is 0 Å². The van der Waals surface area contributed by atoms with Crippen LogP contribution in [0.15, 0.2) is 30.6 Å². The zero-order valence-electron chi connectivity index (χ0n) is 16.5. The third-order valence-corrected chi connectivity index (χ3v) is 5.94. The number of hydrogen-bond acceptors (Lipinski definition) is 5. The second kappa shape index (κ2) is 7.56. The van der Waals surface area contributed by atoms with Crippen molar-refractivity contribution in [2.45, 2.75) is 38.9 Å². The van der Waals surface area contributed by atoms with E-state index in [9.17, 15) is 0 Å². The largest absolute Gasteiger partial charge is 0.382 e. The SMILES string of the molecule is C[C@H]1CCc2c(ccc3c2nc(Cn2cccn2)n3CCN2CCOCC2)N1. The molecule has 0 spiro atoms. The minimum atomic E-state index is 0.525. The molecule has 1 saturated heterocycles. The summed E-state index contributed by atoms with van der Waals surface area (Å²) in [5.41, 5.74) is 5.00. The third-order valence-electron chi connectivity index (χ3n) is 5.94. The first kappa shape index (κ1) is 17.7. The quantitative estimate of drug-likeness (QED) is 0.736. The van der Waals surface area contributed by atoms with Crippen LogP contribution < -0.4 is 5.32 Å². The van der Waals surface area contributed by atoms with Crippen LogP contribution in [0.25, 0.3) is 11.0 Å². The van der Waals surface area contributed by atoms with E-state index in [-0.39, 0.29) is 0 Å². The minimum Gasteiger partial charge on any atom is -0.382 e. The fraction of sp³-hybridized carbons (Fsp3) is 0.524. The lowest BCUT2D eigenvalue weighted by molar-refractivity contribution is 0.0364. The number of rotatable bonds is 5. The second-order valence-corrected chi connectivity index (χ2v) is 7.88. The van der Waals surface area contributed by atoms with E-state index in [0.717, 1.165) is 63.6 Å². The molecule has 2 aromatic heterocycles. The average Bonchev–Trinajstić information content (AvgIpc) is 3.35. The summed E-state index contributed by atoms with van der Waals surface area (Å²) in [6, 6.07) is 6.96. The maximum Gasteiger partial charge on any atom is 0.131 e. The Morgan fingerprint density at radius 3 is 2.93 bits per heavy atom. The summed E-state index contributed by atoms with van der Waals surface area (Å²) in [7, 11) is 0. The smallest absolute Gasteiger partial charge is 0.131 e. The minimum absolute atomic E-state index is 0.525. The molecule has 0 radical (unpaired) electrons. The van der Waals surface area contributed by atoms with Gasteiger partial charge in [-0.25, -0.2) is 4.98 Å². The number of aryl methyl sites for hydroxylation is 1. The van der Waals surface area contributed by atoms with Gasteiger partial charge in [0.15, 0.2) is 0 Å². The van der Waals surface area contributed by atoms with Gasteiger partial charge in [0.2, 0.25) is 0 Å². The molecule has 7 heteroatoms. The molecule has 2 aliphatic heterocycles. The van der Waals surface area contributed by atoms with Crippen LogP contribution in [-0.4, -0.2) is 63.1 Å². The summed E-state index contributed by atoms with van der Waals surface area (Å²) in [4.78, 5) is 7.59. The van der Waals surface area contributed by atoms with Crippen molar-refractivity contribution < 1.29 is 4.74 Å². The van der Waals surface area contributed by atoms with Crippen LogP contribution in [0.5, 0.6) is 0 Å². The number of aromatic nitrogens is 4. The van der Waals surface area contributed by atoms with Crippen molar-refractivity contribution in [2.24, 2.45) is 0 Å². The predicted molar refractivity (Wildman–Crippen MR) is 110 cm³/mol. The lowest BCUT2D eigenvalue weighted by Gasteiger charge is -2.27. The molecule has 0 aliphatic carbocycles. The van der Waals surface area contributed by atoms with Crippen molar-refractivity contribution in [3.8, 4) is 0 Å². The first-order valence-corrected chi connectivity index (χ1v) is 10.3. The molecule has 5 rings (SSSR count). The monoisotopic (exact) mass is 380 g/mol. The molecular weight excluding hydrogens is 352 g/mol. The Morgan fingerprint density at radius 2 is 2.11 bits per heavy atom. The van der Waals surface area contributed by atoms with Gasteiger partial charge in [0, 0.05) is 55.9 Å². The molecule has 0 unspecified atom stereocenters. The highest BCUT2D eigenvalue weighted by Crippen LogP contribution is 2.32. The number of benzene rings is 1. The van der Waals surface area contributed by atoms with Crippen molar-refractivity contribution in [2.75, 3.05) is 38.2 Å². The molecule has 1 atom stereocenters. The zero-order valence-corrected chi connectivity index (χ0v) is 16.5. The van der Waals surface area contributed by atoms with Crippen LogP contribution in [0.4, 0.5) is 5.69 Å². The molecule has 3 aromatic rings. The fourth-order valence-corrected chi connectivity index (χ4v) is 4.36. The van der Waals surface area contributed by atoms with E-state index in [4.69, 9.17) is 9.72 Å². The molecule has 148 valence electrons. The van der Waals surface area contributed by atoms with E-state index in [1.807, 2.05) is 23.1 Å². The van der Waals surface area contributed by atoms with Crippen LogP contribution in [0.1, 0.15) is 24.7 Å². The van der Waals surface area contributed by atoms with Crippen molar-refractivity contribution in [1.29, 1.82) is 0 Å². The predicted octanol–water partition coefficient (Wildman–Crippen LogP) is 2.36. The third kappa shape index (κ3) is 3.40. The number of anilines is 1. The van der Waals surface area contributed by atoms with Crippen LogP contribution in [0.2, 0.25) is 0 Å². The first-order chi connectivity index (χ1) is 13.8. The Kier molecular flexibility index (Phi) is 4.78. The normalized spacial score (nSPS) is 20.2. The number of fused-ring (bicyclic) bond motifs is 3. The maximum atomic E-state index is 5.49. The van der Waals surface area contributed by atoms with Crippen LogP contribution in [-0.2, 0) is 24.2 Å². The summed E-state index contributed by atoms with van der Waals surface area (Å²) in [5.74, 6) is 1.08. The van der Waals surface area contributed by atoms with Crippen LogP contribution in [0.3, 0.4) is 0 Å². The van der Waals surface area contributed by atoms with Crippen molar-refractivity contribution in [1.82, 2.24) is 24.2 Å². The van der Waals surface area contributed by atoms with Gasteiger partial charge in [-0.05, 0) is 38.0 Å². The average molecular weight is 380 g/mol. The summed E-state index contributed by atoms with van der Waals surface area (Å²) in [6.45, 7) is 8.60. The standard InChI is InChI=1S/C21H28N6O/c1-16-3-4-17-18(23-16)5-6-19-21(17)24-20(15-26-8-2-7-22-26)27(19)10-9-25-11-13-28-14-12-25/h2,5-8,16,23H,3-4,9-15H2,1H3/t16-/m0/s1. The lowest BCUT2D eigenvalue weighted by atomic mass is 9.98. The molecule has 1 aromatic carbocycles. The number of imidazole rings is 1. The molecule has 1 N–H and O–H groups in total. The number of morpholine rings is 1. The molecule has 2 aliphatic rings. The Balaban J connectivity index is 1.50. The van der Waals surface area contributed by atoms with Gasteiger partial charge in [0.1, 0.15) is 5.82 Å². The Hall–Kier alpha value is -2.38. The highest BCUT2D eigenvalue weighted by molar-refractivity contribution is 5.86. The lowest BCUT2D eigenvalue weighted by Crippen LogP contribution is -2.38. The Bertz CT molecular complexity index is 942. The van der Waals surface area contributed by atoms with E-state index < -0.39 is 0 Å². The van der Waals surface area contributed by atoms with E-state index >= 15 is 0 Å². The van der Waals surface area contributed by atoms with Gasteiger partial charge in [0.05, 0.1) is 30.8 Å². The van der Waals surface area contributed by atoms with E-state index in [1.165, 1.54) is 16.8 Å². The van der Waals surface area contributed by atoms with Crippen molar-refractivity contribution >= 4 is 16.7 Å². The second-order valence-electron chi connectivity index (χ2n) is 7.88. The number of nitrogens with zero attached hydrogens (tertiary/aromatic N) is 5. The highest BCUT2D eigenvalue weighted by Gasteiger charge is 2.21. The molecule has 0 amide bonds. The fourth-order valence-electron chi connectivity index (χ4n) is 4.36. The molecule has 1 fully saturated rings. The summed E-state index contributed by atoms with van der Waals surface area (Å²) in [6.07, 6.45) is 6.07. The molecule has 4 heterocycles. The van der Waals surface area contributed by atoms with Gasteiger partial charge in [-0.1, -0.05) is 0 Å². The maximum absolute atomic E-state index is 5.49. The first-order valence-electron chi connectivity index (χ1n) is 10.3. The number of nitrogens with one attached hydrogen (secondary N) is 1. The molecular formula is C21H28N6O. The van der Waals surface area contributed by atoms with Gasteiger partial charge < -0.3 is 14.6 Å². The Labute approximate surface area is 165 Å². The van der Waals surface area contributed by atoms with Gasteiger partial charge in [0.25, 0.3) is 0 Å². The zero-order chi connectivity index (χ0) is 18.9. The van der Waals surface area contributed by atoms with E-state index in [2.05, 4.69) is 38.9 Å². The topological polar surface area (TPSA) is 60.1 Å². The van der Waals surface area contributed by atoms with Gasteiger partial charge in [-0.2, -0.15) is 5.10 Å². The van der Waals surface area contributed by atoms with E-state index in [0.29, 0.717) is 12.6 Å². The van der Waals surface area contributed by atoms with Crippen LogP contribution >= 0.6 is 0 Å². The van der Waals surface area contributed by atoms with Crippen molar-refractivity contribution in [3.05, 3.63) is 42.0 Å². The number of ether oxygens (including phenoxy) is 1. The number of hydrogen-bond donors (Lipinski definition) is 1. The summed E-state index contributed by atoms with van der Waals surface area (Å²) >= 11 is 0. The van der Waals surface area contributed by atoms with Gasteiger partial charge >= 0.3 is 0 Å².